The molecule has 0 atom stereocenters. The highest BCUT2D eigenvalue weighted by molar-refractivity contribution is 5.86. The molecule has 3 nitrogen and oxygen atoms in total. The fourth-order valence-corrected chi connectivity index (χ4v) is 1.66. The van der Waals surface area contributed by atoms with Crippen molar-refractivity contribution in [2.45, 2.75) is 27.7 Å². The van der Waals surface area contributed by atoms with E-state index >= 15 is 0 Å². The summed E-state index contributed by atoms with van der Waals surface area (Å²) in [6.45, 7) is 9.01. The van der Waals surface area contributed by atoms with E-state index in [-0.39, 0.29) is 5.90 Å². The number of hydrogen-bond donors (Lipinski definition) is 0. The van der Waals surface area contributed by atoms with E-state index in [1.54, 1.807) is 0 Å². The molecule has 0 N–H and O–H groups in total. The highest BCUT2D eigenvalue weighted by Crippen LogP contribution is 2.10. The van der Waals surface area contributed by atoms with Crippen LogP contribution in [0.25, 0.3) is 0 Å². The summed E-state index contributed by atoms with van der Waals surface area (Å²) in [6, 6.07) is 0. The molecule has 0 aromatic carbocycles. The fourth-order valence-electron chi connectivity index (χ4n) is 1.66. The molecule has 0 aliphatic carbocycles. The van der Waals surface area contributed by atoms with Gasteiger partial charge in [-0.15, -0.1) is 0 Å². The van der Waals surface area contributed by atoms with Gasteiger partial charge in [0.2, 0.25) is 6.54 Å². The van der Waals surface area contributed by atoms with Crippen molar-refractivity contribution in [3.63, 3.8) is 0 Å². The summed E-state index contributed by atoms with van der Waals surface area (Å²) < 4.78 is 1.83. The molecule has 3 heteroatoms. The van der Waals surface area contributed by atoms with E-state index in [4.69, 9.17) is 0 Å². The van der Waals surface area contributed by atoms with Crippen LogP contribution in [0, 0.1) is 11.8 Å². The molecule has 0 amide bonds. The molecule has 0 saturated heterocycles. The maximum absolute atomic E-state index is 10.6. The van der Waals surface area contributed by atoms with Crippen LogP contribution in [0.2, 0.25) is 0 Å². The maximum Gasteiger partial charge on any atom is 0.208 e. The minimum Gasteiger partial charge on any atom is -0.853 e. The summed E-state index contributed by atoms with van der Waals surface area (Å²) in [4.78, 5) is 0. The molecule has 1 aliphatic heterocycles. The van der Waals surface area contributed by atoms with E-state index in [9.17, 15) is 5.11 Å². The zero-order valence-corrected chi connectivity index (χ0v) is 8.16. The van der Waals surface area contributed by atoms with Gasteiger partial charge in [0.15, 0.2) is 5.71 Å². The predicted octanol–water partition coefficient (Wildman–Crippen LogP) is 0.439. The third-order valence-electron chi connectivity index (χ3n) is 2.00. The van der Waals surface area contributed by atoms with E-state index < -0.39 is 0 Å². The lowest BCUT2D eigenvalue weighted by molar-refractivity contribution is -0.566. The predicted molar refractivity (Wildman–Crippen MR) is 47.2 cm³/mol. The van der Waals surface area contributed by atoms with Crippen LogP contribution in [0.5, 0.6) is 0 Å². The molecule has 0 bridgehead atoms. The first-order valence-electron chi connectivity index (χ1n) is 4.41. The van der Waals surface area contributed by atoms with E-state index in [0.717, 1.165) is 0 Å². The van der Waals surface area contributed by atoms with Crippen LogP contribution >= 0.6 is 0 Å². The van der Waals surface area contributed by atoms with Crippen molar-refractivity contribution >= 4 is 11.6 Å². The van der Waals surface area contributed by atoms with Gasteiger partial charge in [0.05, 0.1) is 0 Å². The van der Waals surface area contributed by atoms with Gasteiger partial charge in [0.1, 0.15) is 5.90 Å². The lowest BCUT2D eigenvalue weighted by Gasteiger charge is -2.19. The second-order valence-corrected chi connectivity index (χ2v) is 3.79. The summed E-state index contributed by atoms with van der Waals surface area (Å²) in [7, 11) is 0. The van der Waals surface area contributed by atoms with Gasteiger partial charge in [-0.05, 0) is 5.10 Å². The van der Waals surface area contributed by atoms with Crippen LogP contribution in [0.15, 0.2) is 5.10 Å². The zero-order valence-electron chi connectivity index (χ0n) is 8.16. The summed E-state index contributed by atoms with van der Waals surface area (Å²) >= 11 is 0. The van der Waals surface area contributed by atoms with Gasteiger partial charge in [-0.1, -0.05) is 32.4 Å². The first-order valence-corrected chi connectivity index (χ1v) is 4.41. The smallest absolute Gasteiger partial charge is 0.208 e. The average Bonchev–Trinajstić information content (AvgIpc) is 1.82. The molecule has 0 spiro atoms. The number of hydrazone groups is 1. The Morgan fingerprint density at radius 1 is 1.33 bits per heavy atom. The van der Waals surface area contributed by atoms with Crippen molar-refractivity contribution in [2.75, 3.05) is 6.54 Å². The standard InChI is InChI=1S/C9H16N2O/c1-6(2)9(7(3)4)11-5-8(12)10-11/h6-7H,5H2,1-4H3. The molecule has 1 rings (SSSR count). The highest BCUT2D eigenvalue weighted by atomic mass is 16.3. The maximum atomic E-state index is 10.6. The Labute approximate surface area is 73.4 Å². The van der Waals surface area contributed by atoms with Crippen molar-refractivity contribution in [3.8, 4) is 0 Å². The molecular formula is C9H16N2O. The van der Waals surface area contributed by atoms with Crippen molar-refractivity contribution in [1.29, 1.82) is 0 Å². The van der Waals surface area contributed by atoms with Gasteiger partial charge < -0.3 is 5.11 Å². The molecule has 12 heavy (non-hydrogen) atoms. The van der Waals surface area contributed by atoms with Gasteiger partial charge in [-0.3, -0.25) is 0 Å². The molecule has 1 heterocycles. The molecule has 0 radical (unpaired) electrons. The molecular weight excluding hydrogens is 152 g/mol. The van der Waals surface area contributed by atoms with Gasteiger partial charge in [-0.2, -0.15) is 0 Å². The molecule has 0 fully saturated rings. The summed E-state index contributed by atoms with van der Waals surface area (Å²) in [5.74, 6) is 0.942. The number of nitrogens with zero attached hydrogens (tertiary/aromatic N) is 2. The first-order chi connectivity index (χ1) is 5.52. The molecule has 68 valence electrons. The van der Waals surface area contributed by atoms with Crippen LogP contribution in [0.1, 0.15) is 27.7 Å². The van der Waals surface area contributed by atoms with Crippen molar-refractivity contribution in [3.05, 3.63) is 0 Å². The number of rotatable bonds is 2. The van der Waals surface area contributed by atoms with Crippen LogP contribution in [-0.2, 0) is 0 Å². The summed E-state index contributed by atoms with van der Waals surface area (Å²) in [6.07, 6.45) is 0. The molecule has 1 aliphatic rings. The first kappa shape index (κ1) is 9.23. The molecule has 0 aromatic heterocycles. The largest absolute Gasteiger partial charge is 0.853 e. The van der Waals surface area contributed by atoms with Crippen LogP contribution in [-0.4, -0.2) is 22.8 Å². The van der Waals surface area contributed by atoms with Gasteiger partial charge in [0.25, 0.3) is 0 Å². The van der Waals surface area contributed by atoms with Gasteiger partial charge in [0, 0.05) is 11.8 Å². The molecule has 0 unspecified atom stereocenters. The van der Waals surface area contributed by atoms with Crippen molar-refractivity contribution in [1.82, 2.24) is 0 Å². The Morgan fingerprint density at radius 3 is 2.00 bits per heavy atom. The van der Waals surface area contributed by atoms with E-state index in [2.05, 4.69) is 32.8 Å². The topological polar surface area (TPSA) is 38.4 Å². The van der Waals surface area contributed by atoms with Crippen LogP contribution in [0.3, 0.4) is 0 Å². The van der Waals surface area contributed by atoms with E-state index in [0.29, 0.717) is 18.4 Å². The van der Waals surface area contributed by atoms with Gasteiger partial charge in [-0.25, -0.2) is 0 Å². The second-order valence-electron chi connectivity index (χ2n) is 3.79. The van der Waals surface area contributed by atoms with Gasteiger partial charge >= 0.3 is 0 Å². The lowest BCUT2D eigenvalue weighted by Crippen LogP contribution is -2.43. The van der Waals surface area contributed by atoms with Crippen molar-refractivity contribution < 1.29 is 9.79 Å². The van der Waals surface area contributed by atoms with E-state index in [1.807, 2.05) is 4.68 Å². The Bertz CT molecular complexity index is 229. The number of hydrogen-bond acceptors (Lipinski definition) is 2. The van der Waals surface area contributed by atoms with Crippen LogP contribution in [0.4, 0.5) is 0 Å². The fraction of sp³-hybridized carbons (Fsp3) is 0.778. The zero-order chi connectivity index (χ0) is 9.30. The monoisotopic (exact) mass is 168 g/mol. The summed E-state index contributed by atoms with van der Waals surface area (Å²) in [5, 5.41) is 14.5. The third-order valence-corrected chi connectivity index (χ3v) is 2.00. The molecule has 0 aromatic rings. The minimum absolute atomic E-state index is 0.00574. The Morgan fingerprint density at radius 2 is 1.75 bits per heavy atom. The minimum atomic E-state index is -0.00574. The normalized spacial score (nSPS) is 16.5. The Hall–Kier alpha value is -0.860. The summed E-state index contributed by atoms with van der Waals surface area (Å²) in [5.41, 5.74) is 1.26. The SMILES string of the molecule is CC(C)C(C(C)C)=[N+]1CC([O-])=N1. The third kappa shape index (κ3) is 1.65. The Balaban J connectivity index is 2.88. The van der Waals surface area contributed by atoms with Crippen LogP contribution < -0.4 is 5.11 Å². The Kier molecular flexibility index (Phi) is 2.50. The van der Waals surface area contributed by atoms with Crippen molar-refractivity contribution in [2.24, 2.45) is 16.9 Å². The second kappa shape index (κ2) is 3.25. The highest BCUT2D eigenvalue weighted by Gasteiger charge is 2.26. The molecule has 0 saturated carbocycles. The lowest BCUT2D eigenvalue weighted by atomic mass is 9.97. The average molecular weight is 168 g/mol. The quantitative estimate of drug-likeness (QED) is 0.551. The van der Waals surface area contributed by atoms with E-state index in [1.165, 1.54) is 5.71 Å².